The molecule has 0 heterocycles. The molecule has 0 aromatic rings. The molecule has 6 heteroatoms. The zero-order valence-electron chi connectivity index (χ0n) is 22.4. The maximum Gasteiger partial charge on any atom is 0.305 e. The van der Waals surface area contributed by atoms with Crippen LogP contribution in [-0.4, -0.2) is 37.2 Å². The minimum absolute atomic E-state index is 0.0350. The standard InChI is InChI=1S/C29H44O6/c1-17(7-10-26(32)33-6)22-8-9-23-27-24(12-14-29(22,23)5)28(4)13-11-21(34-18(2)30)15-20(28)16-25(27)35-19(3)31/h12,14,17,20-25,27H,7-11,13,15-16H2,1-6H3/t17-,20+,21-,22-,23+,24+,25?,27+,28+,29-/m1/s1. The Bertz CT molecular complexity index is 865. The summed E-state index contributed by atoms with van der Waals surface area (Å²) in [5.41, 5.74) is 0.150. The lowest BCUT2D eigenvalue weighted by atomic mass is 9.45. The van der Waals surface area contributed by atoms with Gasteiger partial charge in [0.25, 0.3) is 0 Å². The largest absolute Gasteiger partial charge is 0.469 e. The van der Waals surface area contributed by atoms with E-state index in [9.17, 15) is 14.4 Å². The van der Waals surface area contributed by atoms with Crippen LogP contribution in [0.2, 0.25) is 0 Å². The van der Waals surface area contributed by atoms with E-state index >= 15 is 0 Å². The highest BCUT2D eigenvalue weighted by Crippen LogP contribution is 2.66. The summed E-state index contributed by atoms with van der Waals surface area (Å²) in [6.07, 6.45) is 12.0. The predicted molar refractivity (Wildman–Crippen MR) is 132 cm³/mol. The van der Waals surface area contributed by atoms with Crippen LogP contribution in [0.15, 0.2) is 12.2 Å². The van der Waals surface area contributed by atoms with Gasteiger partial charge in [-0.1, -0.05) is 32.9 Å². The van der Waals surface area contributed by atoms with Gasteiger partial charge < -0.3 is 14.2 Å². The molecule has 3 saturated carbocycles. The van der Waals surface area contributed by atoms with Gasteiger partial charge in [-0.05, 0) is 85.4 Å². The Labute approximate surface area is 210 Å². The molecular formula is C29H44O6. The van der Waals surface area contributed by atoms with Gasteiger partial charge >= 0.3 is 17.9 Å². The van der Waals surface area contributed by atoms with Gasteiger partial charge in [-0.15, -0.1) is 0 Å². The molecule has 1 unspecified atom stereocenters. The highest BCUT2D eigenvalue weighted by Gasteiger charge is 2.62. The third-order valence-corrected chi connectivity index (χ3v) is 10.5. The molecule has 0 spiro atoms. The molecule has 0 aliphatic heterocycles. The van der Waals surface area contributed by atoms with Crippen molar-refractivity contribution < 1.29 is 28.6 Å². The molecule has 196 valence electrons. The summed E-state index contributed by atoms with van der Waals surface area (Å²) in [4.78, 5) is 35.6. The molecule has 4 aliphatic rings. The Balaban J connectivity index is 1.61. The Morgan fingerprint density at radius 2 is 1.74 bits per heavy atom. The fourth-order valence-corrected chi connectivity index (χ4v) is 8.80. The van der Waals surface area contributed by atoms with Crippen molar-refractivity contribution in [1.29, 1.82) is 0 Å². The van der Waals surface area contributed by atoms with Gasteiger partial charge in [0, 0.05) is 26.2 Å². The van der Waals surface area contributed by atoms with E-state index in [1.165, 1.54) is 21.0 Å². The number of ether oxygens (including phenoxy) is 3. The third kappa shape index (κ3) is 4.79. The molecule has 0 aromatic heterocycles. The first kappa shape index (κ1) is 26.2. The van der Waals surface area contributed by atoms with E-state index in [1.807, 2.05) is 0 Å². The van der Waals surface area contributed by atoms with Crippen molar-refractivity contribution in [3.05, 3.63) is 12.2 Å². The van der Waals surface area contributed by atoms with E-state index in [0.717, 1.165) is 44.9 Å². The molecule has 35 heavy (non-hydrogen) atoms. The normalized spacial score (nSPS) is 42.7. The number of carbonyl (C=O) groups is 3. The average molecular weight is 489 g/mol. The number of carbonyl (C=O) groups excluding carboxylic acids is 3. The topological polar surface area (TPSA) is 78.9 Å². The number of rotatable bonds is 6. The van der Waals surface area contributed by atoms with E-state index in [0.29, 0.717) is 41.9 Å². The van der Waals surface area contributed by atoms with Crippen molar-refractivity contribution >= 4 is 17.9 Å². The number of hydrogen-bond donors (Lipinski definition) is 0. The van der Waals surface area contributed by atoms with Gasteiger partial charge in [-0.2, -0.15) is 0 Å². The SMILES string of the molecule is COC(=O)CC[C@@H](C)[C@H]1CC[C@H]2[C@@H]3C(OC(C)=O)C[C@@H]4C[C@H](OC(C)=O)CC[C@]4(C)[C@H]3C=C[C@]12C. The number of methoxy groups -OCH3 is 1. The van der Waals surface area contributed by atoms with Crippen LogP contribution in [0.5, 0.6) is 0 Å². The zero-order chi connectivity index (χ0) is 25.5. The smallest absolute Gasteiger partial charge is 0.305 e. The molecule has 10 atom stereocenters. The summed E-state index contributed by atoms with van der Waals surface area (Å²) in [5, 5.41) is 0. The van der Waals surface area contributed by atoms with Gasteiger partial charge in [0.15, 0.2) is 0 Å². The molecule has 6 nitrogen and oxygen atoms in total. The molecule has 0 saturated heterocycles. The molecule has 0 amide bonds. The lowest BCUT2D eigenvalue weighted by Crippen LogP contribution is -2.58. The van der Waals surface area contributed by atoms with Crippen molar-refractivity contribution in [1.82, 2.24) is 0 Å². The molecule has 3 fully saturated rings. The molecule has 0 radical (unpaired) electrons. The lowest BCUT2D eigenvalue weighted by Gasteiger charge is -2.60. The maximum absolute atomic E-state index is 12.2. The summed E-state index contributed by atoms with van der Waals surface area (Å²) in [5.74, 6) is 1.83. The van der Waals surface area contributed by atoms with Crippen LogP contribution in [0, 0.1) is 46.3 Å². The first-order valence-electron chi connectivity index (χ1n) is 13.6. The summed E-state index contributed by atoms with van der Waals surface area (Å²) in [6, 6.07) is 0. The van der Waals surface area contributed by atoms with Crippen LogP contribution in [0.25, 0.3) is 0 Å². The van der Waals surface area contributed by atoms with Gasteiger partial charge in [0.05, 0.1) is 7.11 Å². The Kier molecular flexibility index (Phi) is 7.41. The van der Waals surface area contributed by atoms with Crippen molar-refractivity contribution in [2.45, 2.75) is 98.2 Å². The van der Waals surface area contributed by atoms with Gasteiger partial charge in [-0.3, -0.25) is 14.4 Å². The predicted octanol–water partition coefficient (Wildman–Crippen LogP) is 5.48. The van der Waals surface area contributed by atoms with Crippen LogP contribution in [-0.2, 0) is 28.6 Å². The molecule has 0 N–H and O–H groups in total. The highest BCUT2D eigenvalue weighted by atomic mass is 16.5. The van der Waals surface area contributed by atoms with Crippen molar-refractivity contribution in [3.8, 4) is 0 Å². The van der Waals surface area contributed by atoms with Crippen molar-refractivity contribution in [3.63, 3.8) is 0 Å². The van der Waals surface area contributed by atoms with E-state index in [4.69, 9.17) is 14.2 Å². The zero-order valence-corrected chi connectivity index (χ0v) is 22.4. The quantitative estimate of drug-likeness (QED) is 0.280. The van der Waals surface area contributed by atoms with Gasteiger partial charge in [0.2, 0.25) is 0 Å². The number of allylic oxidation sites excluding steroid dienone is 2. The lowest BCUT2D eigenvalue weighted by molar-refractivity contribution is -0.178. The Morgan fingerprint density at radius 3 is 2.40 bits per heavy atom. The van der Waals surface area contributed by atoms with Gasteiger partial charge in [-0.25, -0.2) is 0 Å². The Hall–Kier alpha value is -1.85. The molecule has 0 bridgehead atoms. The Morgan fingerprint density at radius 1 is 1.03 bits per heavy atom. The second-order valence-electron chi connectivity index (χ2n) is 12.3. The summed E-state index contributed by atoms with van der Waals surface area (Å²) >= 11 is 0. The van der Waals surface area contributed by atoms with Gasteiger partial charge in [0.1, 0.15) is 12.2 Å². The minimum atomic E-state index is -0.213. The molecular weight excluding hydrogens is 444 g/mol. The third-order valence-electron chi connectivity index (χ3n) is 10.5. The van der Waals surface area contributed by atoms with Crippen LogP contribution in [0.4, 0.5) is 0 Å². The first-order chi connectivity index (χ1) is 16.5. The highest BCUT2D eigenvalue weighted by molar-refractivity contribution is 5.69. The molecule has 0 aromatic carbocycles. The van der Waals surface area contributed by atoms with Crippen LogP contribution >= 0.6 is 0 Å². The average Bonchev–Trinajstić information content (AvgIpc) is 3.14. The van der Waals surface area contributed by atoms with E-state index < -0.39 is 0 Å². The minimum Gasteiger partial charge on any atom is -0.469 e. The van der Waals surface area contributed by atoms with Crippen LogP contribution in [0.3, 0.4) is 0 Å². The van der Waals surface area contributed by atoms with Crippen molar-refractivity contribution in [2.24, 2.45) is 46.3 Å². The fraction of sp³-hybridized carbons (Fsp3) is 0.828. The van der Waals surface area contributed by atoms with Crippen molar-refractivity contribution in [2.75, 3.05) is 7.11 Å². The number of fused-ring (bicyclic) bond motifs is 5. The van der Waals surface area contributed by atoms with Crippen LogP contribution < -0.4 is 0 Å². The fourth-order valence-electron chi connectivity index (χ4n) is 8.80. The summed E-state index contributed by atoms with van der Waals surface area (Å²) in [7, 11) is 1.45. The second-order valence-corrected chi connectivity index (χ2v) is 12.3. The van der Waals surface area contributed by atoms with Crippen LogP contribution in [0.1, 0.15) is 86.0 Å². The second kappa shape index (κ2) is 9.89. The van der Waals surface area contributed by atoms with E-state index in [2.05, 4.69) is 32.9 Å². The number of esters is 3. The molecule has 4 rings (SSSR count). The number of hydrogen-bond acceptors (Lipinski definition) is 6. The van der Waals surface area contributed by atoms with E-state index in [-0.39, 0.29) is 40.9 Å². The van der Waals surface area contributed by atoms with E-state index in [1.54, 1.807) is 0 Å². The monoisotopic (exact) mass is 488 g/mol. The molecule has 4 aliphatic carbocycles. The maximum atomic E-state index is 12.2. The first-order valence-corrected chi connectivity index (χ1v) is 13.6. The summed E-state index contributed by atoms with van der Waals surface area (Å²) < 4.78 is 16.6. The summed E-state index contributed by atoms with van der Waals surface area (Å²) in [6.45, 7) is 10.1.